The molecule has 0 aliphatic carbocycles. The second-order valence-electron chi connectivity index (χ2n) is 4.25. The Balaban J connectivity index is 2.96. The van der Waals surface area contributed by atoms with Crippen molar-refractivity contribution in [2.75, 3.05) is 14.2 Å². The molecule has 0 N–H and O–H groups in total. The van der Waals surface area contributed by atoms with Crippen LogP contribution in [-0.4, -0.2) is 14.2 Å². The van der Waals surface area contributed by atoms with Gasteiger partial charge in [0.15, 0.2) is 0 Å². The van der Waals surface area contributed by atoms with Crippen LogP contribution >= 0.6 is 0 Å². The fraction of sp³-hybridized carbons (Fsp3) is 0.467. The smallest absolute Gasteiger partial charge is 0.119 e. The van der Waals surface area contributed by atoms with Crippen LogP contribution in [0.1, 0.15) is 31.7 Å². The van der Waals surface area contributed by atoms with Crippen molar-refractivity contribution in [2.24, 2.45) is 5.92 Å². The lowest BCUT2D eigenvalue weighted by molar-refractivity contribution is 0.233. The highest BCUT2D eigenvalue weighted by molar-refractivity contribution is 5.31. The van der Waals surface area contributed by atoms with Crippen molar-refractivity contribution in [3.63, 3.8) is 0 Å². The molecular formula is C15H22O2. The van der Waals surface area contributed by atoms with Crippen LogP contribution in [0.15, 0.2) is 36.6 Å². The summed E-state index contributed by atoms with van der Waals surface area (Å²) in [6.45, 7) is 8.29. The molecule has 0 saturated carbocycles. The van der Waals surface area contributed by atoms with Gasteiger partial charge in [-0.3, -0.25) is 0 Å². The van der Waals surface area contributed by atoms with Crippen molar-refractivity contribution in [3.05, 3.63) is 42.2 Å². The number of hydrogen-bond acceptors (Lipinski definition) is 2. The van der Waals surface area contributed by atoms with Gasteiger partial charge in [0.1, 0.15) is 5.75 Å². The monoisotopic (exact) mass is 234 g/mol. The van der Waals surface area contributed by atoms with Crippen molar-refractivity contribution in [1.82, 2.24) is 0 Å². The van der Waals surface area contributed by atoms with Crippen LogP contribution < -0.4 is 4.74 Å². The summed E-state index contributed by atoms with van der Waals surface area (Å²) in [5, 5.41) is 0. The van der Waals surface area contributed by atoms with E-state index in [-0.39, 0.29) is 0 Å². The zero-order valence-corrected chi connectivity index (χ0v) is 11.2. The molecule has 0 aromatic heterocycles. The van der Waals surface area contributed by atoms with Gasteiger partial charge in [0, 0.05) is 5.92 Å². The Kier molecular flexibility index (Phi) is 5.08. The first kappa shape index (κ1) is 13.6. The van der Waals surface area contributed by atoms with Crippen LogP contribution in [0, 0.1) is 5.92 Å². The lowest BCUT2D eigenvalue weighted by Crippen LogP contribution is -2.12. The molecule has 2 atom stereocenters. The van der Waals surface area contributed by atoms with Gasteiger partial charge in [0.2, 0.25) is 0 Å². The van der Waals surface area contributed by atoms with Gasteiger partial charge in [-0.25, -0.2) is 0 Å². The molecule has 0 heterocycles. The summed E-state index contributed by atoms with van der Waals surface area (Å²) in [4.78, 5) is 0. The van der Waals surface area contributed by atoms with E-state index in [2.05, 4.69) is 32.6 Å². The molecule has 94 valence electrons. The summed E-state index contributed by atoms with van der Waals surface area (Å²) in [6, 6.07) is 8.22. The molecule has 0 aliphatic rings. The van der Waals surface area contributed by atoms with Crippen LogP contribution in [0.2, 0.25) is 0 Å². The Morgan fingerprint density at radius 1 is 1.35 bits per heavy atom. The van der Waals surface area contributed by atoms with Crippen molar-refractivity contribution >= 4 is 0 Å². The average Bonchev–Trinajstić information content (AvgIpc) is 2.38. The summed E-state index contributed by atoms with van der Waals surface area (Å²) in [5.74, 6) is 2.45. The van der Waals surface area contributed by atoms with Gasteiger partial charge in [0.25, 0.3) is 0 Å². The van der Waals surface area contributed by atoms with E-state index >= 15 is 0 Å². The molecule has 0 spiro atoms. The Hall–Kier alpha value is -1.44. The predicted molar refractivity (Wildman–Crippen MR) is 71.3 cm³/mol. The highest BCUT2D eigenvalue weighted by atomic mass is 16.5. The standard InChI is InChI=1S/C15H22O2/c1-6-15(11(2)12(3)16-4)13-8-7-9-14(10-13)17-5/h7-11,15H,3,6H2,1-2,4-5H3. The molecule has 2 unspecified atom stereocenters. The zero-order valence-electron chi connectivity index (χ0n) is 11.2. The number of rotatable bonds is 6. The third-order valence-electron chi connectivity index (χ3n) is 3.34. The summed E-state index contributed by atoms with van der Waals surface area (Å²) < 4.78 is 10.5. The Morgan fingerprint density at radius 3 is 2.59 bits per heavy atom. The molecule has 1 aromatic rings. The van der Waals surface area contributed by atoms with Gasteiger partial charge < -0.3 is 9.47 Å². The maximum Gasteiger partial charge on any atom is 0.119 e. The first-order chi connectivity index (χ1) is 8.13. The summed E-state index contributed by atoms with van der Waals surface area (Å²) in [7, 11) is 3.37. The lowest BCUT2D eigenvalue weighted by Gasteiger charge is -2.24. The first-order valence-corrected chi connectivity index (χ1v) is 6.00. The van der Waals surface area contributed by atoms with Crippen molar-refractivity contribution < 1.29 is 9.47 Å². The van der Waals surface area contributed by atoms with Crippen LogP contribution in [0.5, 0.6) is 5.75 Å². The van der Waals surface area contributed by atoms with Crippen LogP contribution in [0.3, 0.4) is 0 Å². The summed E-state index contributed by atoms with van der Waals surface area (Å²) >= 11 is 0. The fourth-order valence-electron chi connectivity index (χ4n) is 2.16. The van der Waals surface area contributed by atoms with E-state index in [4.69, 9.17) is 9.47 Å². The van der Waals surface area contributed by atoms with Gasteiger partial charge in [-0.05, 0) is 30.0 Å². The van der Waals surface area contributed by atoms with E-state index in [0.29, 0.717) is 11.8 Å². The number of ether oxygens (including phenoxy) is 2. The molecule has 0 fully saturated rings. The molecule has 0 aliphatic heterocycles. The third kappa shape index (κ3) is 3.26. The van der Waals surface area contributed by atoms with Crippen LogP contribution in [-0.2, 0) is 4.74 Å². The van der Waals surface area contributed by atoms with Gasteiger partial charge in [-0.15, -0.1) is 0 Å². The highest BCUT2D eigenvalue weighted by Crippen LogP contribution is 2.33. The van der Waals surface area contributed by atoms with Crippen LogP contribution in [0.25, 0.3) is 0 Å². The van der Waals surface area contributed by atoms with Gasteiger partial charge in [0.05, 0.1) is 20.0 Å². The van der Waals surface area contributed by atoms with E-state index in [1.807, 2.05) is 12.1 Å². The lowest BCUT2D eigenvalue weighted by atomic mass is 9.84. The molecule has 0 saturated heterocycles. The molecule has 2 heteroatoms. The predicted octanol–water partition coefficient (Wildman–Crippen LogP) is 3.99. The SMILES string of the molecule is C=C(OC)C(C)C(CC)c1cccc(OC)c1. The molecule has 1 rings (SSSR count). The maximum atomic E-state index is 5.26. The van der Waals surface area contributed by atoms with E-state index in [0.717, 1.165) is 17.9 Å². The normalized spacial score (nSPS) is 13.9. The Labute approximate surface area is 104 Å². The van der Waals surface area contributed by atoms with Gasteiger partial charge >= 0.3 is 0 Å². The third-order valence-corrected chi connectivity index (χ3v) is 3.34. The van der Waals surface area contributed by atoms with Crippen molar-refractivity contribution in [1.29, 1.82) is 0 Å². The first-order valence-electron chi connectivity index (χ1n) is 6.00. The average molecular weight is 234 g/mol. The van der Waals surface area contributed by atoms with E-state index in [9.17, 15) is 0 Å². The van der Waals surface area contributed by atoms with Crippen molar-refractivity contribution in [3.8, 4) is 5.75 Å². The second kappa shape index (κ2) is 6.33. The number of benzene rings is 1. The minimum Gasteiger partial charge on any atom is -0.501 e. The van der Waals surface area contributed by atoms with Gasteiger partial charge in [-0.2, -0.15) is 0 Å². The second-order valence-corrected chi connectivity index (χ2v) is 4.25. The number of methoxy groups -OCH3 is 2. The fourth-order valence-corrected chi connectivity index (χ4v) is 2.16. The summed E-state index contributed by atoms with van der Waals surface area (Å²) in [5.41, 5.74) is 1.28. The van der Waals surface area contributed by atoms with Crippen LogP contribution in [0.4, 0.5) is 0 Å². The highest BCUT2D eigenvalue weighted by Gasteiger charge is 2.21. The molecule has 2 nitrogen and oxygen atoms in total. The zero-order chi connectivity index (χ0) is 12.8. The molecule has 0 amide bonds. The minimum absolute atomic E-state index is 0.303. The quantitative estimate of drug-likeness (QED) is 0.693. The topological polar surface area (TPSA) is 18.5 Å². The molecule has 17 heavy (non-hydrogen) atoms. The van der Waals surface area contributed by atoms with E-state index in [1.54, 1.807) is 14.2 Å². The Bertz CT molecular complexity index is 371. The Morgan fingerprint density at radius 2 is 2.06 bits per heavy atom. The number of allylic oxidation sites excluding steroid dienone is 1. The van der Waals surface area contributed by atoms with E-state index < -0.39 is 0 Å². The van der Waals surface area contributed by atoms with E-state index in [1.165, 1.54) is 5.56 Å². The maximum absolute atomic E-state index is 5.26. The summed E-state index contributed by atoms with van der Waals surface area (Å²) in [6.07, 6.45) is 1.05. The minimum atomic E-state index is 0.303. The molecular weight excluding hydrogens is 212 g/mol. The van der Waals surface area contributed by atoms with Gasteiger partial charge in [-0.1, -0.05) is 32.6 Å². The molecule has 0 radical (unpaired) electrons. The molecule has 1 aromatic carbocycles. The van der Waals surface area contributed by atoms with Crippen molar-refractivity contribution in [2.45, 2.75) is 26.2 Å². The number of hydrogen-bond donors (Lipinski definition) is 0. The molecule has 0 bridgehead atoms. The largest absolute Gasteiger partial charge is 0.501 e.